The third kappa shape index (κ3) is 4.24. The molecule has 0 amide bonds. The summed E-state index contributed by atoms with van der Waals surface area (Å²) in [5, 5.41) is 13.0. The molecule has 0 aromatic heterocycles. The number of phenolic OH excluding ortho intramolecular Hbond substituents is 1. The summed E-state index contributed by atoms with van der Waals surface area (Å²) in [6, 6.07) is 7.74. The van der Waals surface area contributed by atoms with Crippen molar-refractivity contribution in [1.82, 2.24) is 5.32 Å². The van der Waals surface area contributed by atoms with Gasteiger partial charge in [0.15, 0.2) is 0 Å². The second-order valence-corrected chi connectivity index (χ2v) is 6.58. The fraction of sp³-hybridized carbons (Fsp3) is 0.647. The monoisotopic (exact) mass is 261 g/mol. The van der Waals surface area contributed by atoms with Gasteiger partial charge >= 0.3 is 0 Å². The van der Waals surface area contributed by atoms with E-state index < -0.39 is 0 Å². The van der Waals surface area contributed by atoms with Crippen LogP contribution in [0.1, 0.15) is 45.1 Å². The van der Waals surface area contributed by atoms with E-state index in [2.05, 4.69) is 31.3 Å². The highest BCUT2D eigenvalue weighted by atomic mass is 16.3. The first-order chi connectivity index (χ1) is 9.10. The van der Waals surface area contributed by atoms with Gasteiger partial charge in [0.2, 0.25) is 0 Å². The van der Waals surface area contributed by atoms with Gasteiger partial charge in [-0.3, -0.25) is 0 Å². The van der Waals surface area contributed by atoms with Crippen molar-refractivity contribution in [3.05, 3.63) is 29.8 Å². The molecule has 2 N–H and O–H groups in total. The second-order valence-electron chi connectivity index (χ2n) is 6.58. The van der Waals surface area contributed by atoms with Crippen molar-refractivity contribution in [2.24, 2.45) is 11.3 Å². The summed E-state index contributed by atoms with van der Waals surface area (Å²) < 4.78 is 0. The Morgan fingerprint density at radius 2 is 1.79 bits per heavy atom. The van der Waals surface area contributed by atoms with Crippen LogP contribution in [0.2, 0.25) is 0 Å². The maximum atomic E-state index is 9.37. The van der Waals surface area contributed by atoms with Crippen LogP contribution in [0.25, 0.3) is 0 Å². The van der Waals surface area contributed by atoms with Crippen molar-refractivity contribution in [3.63, 3.8) is 0 Å². The van der Waals surface area contributed by atoms with Crippen LogP contribution in [-0.2, 0) is 6.42 Å². The number of benzene rings is 1. The van der Waals surface area contributed by atoms with E-state index in [1.165, 1.54) is 31.2 Å². The molecule has 2 heteroatoms. The lowest BCUT2D eigenvalue weighted by atomic mass is 9.80. The average Bonchev–Trinajstić information content (AvgIpc) is 2.81. The molecule has 0 saturated heterocycles. The molecule has 19 heavy (non-hydrogen) atoms. The zero-order valence-corrected chi connectivity index (χ0v) is 12.3. The number of hydrogen-bond donors (Lipinski definition) is 2. The minimum absolute atomic E-state index is 0.363. The van der Waals surface area contributed by atoms with Crippen LogP contribution in [0.5, 0.6) is 5.75 Å². The van der Waals surface area contributed by atoms with Gasteiger partial charge < -0.3 is 10.4 Å². The predicted molar refractivity (Wildman–Crippen MR) is 80.4 cm³/mol. The molecule has 0 unspecified atom stereocenters. The van der Waals surface area contributed by atoms with Crippen LogP contribution >= 0.6 is 0 Å². The Hall–Kier alpha value is -1.02. The zero-order valence-electron chi connectivity index (χ0n) is 12.3. The maximum Gasteiger partial charge on any atom is 0.115 e. The molecule has 1 aromatic carbocycles. The van der Waals surface area contributed by atoms with E-state index in [1.807, 2.05) is 0 Å². The number of nitrogens with one attached hydrogen (secondary N) is 1. The van der Waals surface area contributed by atoms with Crippen LogP contribution in [0.15, 0.2) is 24.3 Å². The van der Waals surface area contributed by atoms with E-state index in [0.29, 0.717) is 17.1 Å². The van der Waals surface area contributed by atoms with E-state index in [1.54, 1.807) is 12.1 Å². The minimum atomic E-state index is 0.363. The maximum absolute atomic E-state index is 9.37. The van der Waals surface area contributed by atoms with Crippen molar-refractivity contribution in [3.8, 4) is 5.75 Å². The Morgan fingerprint density at radius 3 is 2.37 bits per heavy atom. The van der Waals surface area contributed by atoms with E-state index in [4.69, 9.17) is 0 Å². The summed E-state index contributed by atoms with van der Waals surface area (Å²) in [6.45, 7) is 6.76. The fourth-order valence-electron chi connectivity index (χ4n) is 3.21. The number of phenols is 1. The summed E-state index contributed by atoms with van der Waals surface area (Å²) in [5.41, 5.74) is 1.79. The Labute approximate surface area is 117 Å². The highest BCUT2D eigenvalue weighted by Crippen LogP contribution is 2.40. The molecule has 0 spiro atoms. The van der Waals surface area contributed by atoms with Gasteiger partial charge in [-0.05, 0) is 54.8 Å². The molecule has 0 bridgehead atoms. The molecular formula is C17H27NO. The molecule has 1 fully saturated rings. The highest BCUT2D eigenvalue weighted by molar-refractivity contribution is 5.26. The lowest BCUT2D eigenvalue weighted by Gasteiger charge is -2.30. The first-order valence-corrected chi connectivity index (χ1v) is 7.58. The third-order valence-electron chi connectivity index (χ3n) is 4.23. The normalized spacial score (nSPS) is 18.1. The minimum Gasteiger partial charge on any atom is -0.508 e. The van der Waals surface area contributed by atoms with E-state index >= 15 is 0 Å². The molecule has 106 valence electrons. The molecule has 1 aromatic rings. The van der Waals surface area contributed by atoms with Crippen LogP contribution < -0.4 is 5.32 Å². The molecule has 1 aliphatic rings. The van der Waals surface area contributed by atoms with Crippen molar-refractivity contribution < 1.29 is 5.11 Å². The van der Waals surface area contributed by atoms with Gasteiger partial charge in [0.05, 0.1) is 0 Å². The average molecular weight is 261 g/mol. The molecule has 0 radical (unpaired) electrons. The summed E-state index contributed by atoms with van der Waals surface area (Å²) in [6.07, 6.45) is 6.53. The molecular weight excluding hydrogens is 234 g/mol. The molecule has 0 aliphatic heterocycles. The lowest BCUT2D eigenvalue weighted by molar-refractivity contribution is 0.273. The van der Waals surface area contributed by atoms with E-state index in [-0.39, 0.29) is 0 Å². The third-order valence-corrected chi connectivity index (χ3v) is 4.23. The number of rotatable bonds is 6. The largest absolute Gasteiger partial charge is 0.508 e. The van der Waals surface area contributed by atoms with Crippen LogP contribution in [0.4, 0.5) is 0 Å². The van der Waals surface area contributed by atoms with Crippen LogP contribution in [-0.4, -0.2) is 18.2 Å². The molecule has 2 nitrogen and oxygen atoms in total. The first-order valence-electron chi connectivity index (χ1n) is 7.58. The molecule has 2 rings (SSSR count). The zero-order chi connectivity index (χ0) is 13.7. The highest BCUT2D eigenvalue weighted by Gasteiger charge is 2.33. The Bertz CT molecular complexity index is 377. The standard InChI is InChI=1S/C17H27NO/c1-14(2)12-18-13-17(9-3-4-10-17)11-15-5-7-16(19)8-6-15/h5-8,14,18-19H,3-4,9-13H2,1-2H3. The van der Waals surface area contributed by atoms with Crippen molar-refractivity contribution in [2.45, 2.75) is 46.0 Å². The van der Waals surface area contributed by atoms with Gasteiger partial charge in [-0.25, -0.2) is 0 Å². The lowest BCUT2D eigenvalue weighted by Crippen LogP contribution is -2.35. The topological polar surface area (TPSA) is 32.3 Å². The van der Waals surface area contributed by atoms with E-state index in [0.717, 1.165) is 19.5 Å². The Balaban J connectivity index is 1.96. The fourth-order valence-corrected chi connectivity index (χ4v) is 3.21. The Morgan fingerprint density at radius 1 is 1.16 bits per heavy atom. The second kappa shape index (κ2) is 6.42. The summed E-state index contributed by atoms with van der Waals surface area (Å²) in [5.74, 6) is 1.08. The van der Waals surface area contributed by atoms with Gasteiger partial charge in [0.25, 0.3) is 0 Å². The van der Waals surface area contributed by atoms with Crippen LogP contribution in [0, 0.1) is 11.3 Å². The summed E-state index contributed by atoms with van der Waals surface area (Å²) >= 11 is 0. The van der Waals surface area contributed by atoms with Gasteiger partial charge in [-0.1, -0.05) is 38.8 Å². The molecule has 0 heterocycles. The number of hydrogen-bond acceptors (Lipinski definition) is 2. The SMILES string of the molecule is CC(C)CNCC1(Cc2ccc(O)cc2)CCCC1. The number of aromatic hydroxyl groups is 1. The predicted octanol–water partition coefficient (Wildman–Crippen LogP) is 3.74. The van der Waals surface area contributed by atoms with Crippen LogP contribution in [0.3, 0.4) is 0 Å². The quantitative estimate of drug-likeness (QED) is 0.817. The van der Waals surface area contributed by atoms with Gasteiger partial charge in [0, 0.05) is 6.54 Å². The first kappa shape index (κ1) is 14.4. The van der Waals surface area contributed by atoms with E-state index in [9.17, 15) is 5.11 Å². The Kier molecular flexibility index (Phi) is 4.87. The molecule has 1 aliphatic carbocycles. The summed E-state index contributed by atoms with van der Waals surface area (Å²) in [4.78, 5) is 0. The molecule has 1 saturated carbocycles. The summed E-state index contributed by atoms with van der Waals surface area (Å²) in [7, 11) is 0. The smallest absolute Gasteiger partial charge is 0.115 e. The van der Waals surface area contributed by atoms with Crippen molar-refractivity contribution in [1.29, 1.82) is 0 Å². The molecule has 0 atom stereocenters. The van der Waals surface area contributed by atoms with Crippen molar-refractivity contribution >= 4 is 0 Å². The van der Waals surface area contributed by atoms with Gasteiger partial charge in [-0.2, -0.15) is 0 Å². The van der Waals surface area contributed by atoms with Crippen molar-refractivity contribution in [2.75, 3.05) is 13.1 Å². The van der Waals surface area contributed by atoms with Gasteiger partial charge in [-0.15, -0.1) is 0 Å². The van der Waals surface area contributed by atoms with Gasteiger partial charge in [0.1, 0.15) is 5.75 Å².